The Bertz CT molecular complexity index is 299. The molecule has 0 aromatic carbocycles. The third kappa shape index (κ3) is 1.67. The first kappa shape index (κ1) is 13.4. The molecule has 2 N–H and O–H groups in total. The maximum atomic E-state index is 10.2. The molecule has 0 bridgehead atoms. The Morgan fingerprint density at radius 3 is 2.35 bits per heavy atom. The molecule has 2 heteroatoms. The van der Waals surface area contributed by atoms with Crippen LogP contribution in [0.1, 0.15) is 59.8 Å². The van der Waals surface area contributed by atoms with Crippen molar-refractivity contribution < 1.29 is 10.2 Å². The molecule has 100 valence electrons. The fourth-order valence-corrected chi connectivity index (χ4v) is 4.99. The Kier molecular flexibility index (Phi) is 3.11. The highest BCUT2D eigenvalue weighted by Gasteiger charge is 2.61. The van der Waals surface area contributed by atoms with Crippen molar-refractivity contribution in [1.82, 2.24) is 0 Å². The van der Waals surface area contributed by atoms with Gasteiger partial charge in [-0.25, -0.2) is 0 Å². The van der Waals surface area contributed by atoms with E-state index in [0.717, 1.165) is 6.42 Å². The van der Waals surface area contributed by atoms with Crippen molar-refractivity contribution in [3.05, 3.63) is 0 Å². The van der Waals surface area contributed by atoms with Gasteiger partial charge in [-0.15, -0.1) is 0 Å². The Morgan fingerprint density at radius 1 is 1.12 bits per heavy atom. The summed E-state index contributed by atoms with van der Waals surface area (Å²) in [5.41, 5.74) is 0.473. The summed E-state index contributed by atoms with van der Waals surface area (Å²) in [6.45, 7) is 9.21. The molecule has 2 aliphatic carbocycles. The standard InChI is InChI=1S/C15H28O2/c1-13(2)7-5-8-14(3)11(13)6-9-15(14,4)12(17)10-16/h11-12,16-17H,5-10H2,1-4H3/t11-,12?,14-,15-/m0/s1. The Balaban J connectivity index is 2.36. The van der Waals surface area contributed by atoms with Gasteiger partial charge < -0.3 is 10.2 Å². The lowest BCUT2D eigenvalue weighted by Gasteiger charge is -2.54. The first-order chi connectivity index (χ1) is 7.78. The second-order valence-electron chi connectivity index (χ2n) is 7.47. The van der Waals surface area contributed by atoms with E-state index in [1.807, 2.05) is 0 Å². The van der Waals surface area contributed by atoms with E-state index in [0.29, 0.717) is 11.3 Å². The number of aliphatic hydroxyl groups excluding tert-OH is 2. The number of fused-ring (bicyclic) bond motifs is 1. The topological polar surface area (TPSA) is 40.5 Å². The van der Waals surface area contributed by atoms with Crippen molar-refractivity contribution in [3.8, 4) is 0 Å². The molecule has 2 saturated carbocycles. The molecule has 0 aromatic heterocycles. The van der Waals surface area contributed by atoms with Crippen molar-refractivity contribution in [1.29, 1.82) is 0 Å². The number of hydrogen-bond acceptors (Lipinski definition) is 2. The smallest absolute Gasteiger partial charge is 0.0829 e. The summed E-state index contributed by atoms with van der Waals surface area (Å²) in [5.74, 6) is 0.690. The van der Waals surface area contributed by atoms with Gasteiger partial charge in [0.25, 0.3) is 0 Å². The second-order valence-corrected chi connectivity index (χ2v) is 7.47. The highest BCUT2D eigenvalue weighted by atomic mass is 16.3. The molecule has 0 heterocycles. The fourth-order valence-electron chi connectivity index (χ4n) is 4.99. The summed E-state index contributed by atoms with van der Waals surface area (Å²) in [4.78, 5) is 0. The van der Waals surface area contributed by atoms with Crippen molar-refractivity contribution >= 4 is 0 Å². The van der Waals surface area contributed by atoms with E-state index in [-0.39, 0.29) is 17.4 Å². The van der Waals surface area contributed by atoms with Crippen LogP contribution in [0, 0.1) is 22.2 Å². The second kappa shape index (κ2) is 3.96. The zero-order chi connectivity index (χ0) is 12.9. The summed E-state index contributed by atoms with van der Waals surface area (Å²) in [5, 5.41) is 19.6. The monoisotopic (exact) mass is 240 g/mol. The van der Waals surface area contributed by atoms with Crippen molar-refractivity contribution in [2.24, 2.45) is 22.2 Å². The molecule has 1 unspecified atom stereocenters. The van der Waals surface area contributed by atoms with E-state index in [4.69, 9.17) is 0 Å². The van der Waals surface area contributed by atoms with Crippen LogP contribution in [0.2, 0.25) is 0 Å². The van der Waals surface area contributed by atoms with Gasteiger partial charge in [-0.3, -0.25) is 0 Å². The lowest BCUT2D eigenvalue weighted by molar-refractivity contribution is -0.111. The van der Waals surface area contributed by atoms with E-state index in [2.05, 4.69) is 27.7 Å². The molecule has 2 aliphatic rings. The van der Waals surface area contributed by atoms with Gasteiger partial charge in [0.15, 0.2) is 0 Å². The minimum atomic E-state index is -0.564. The van der Waals surface area contributed by atoms with Crippen LogP contribution in [-0.4, -0.2) is 22.9 Å². The highest BCUT2D eigenvalue weighted by Crippen LogP contribution is 2.67. The normalized spacial score (nSPS) is 46.6. The number of hydrogen-bond donors (Lipinski definition) is 2. The molecule has 2 fully saturated rings. The van der Waals surface area contributed by atoms with Gasteiger partial charge in [0.05, 0.1) is 12.7 Å². The summed E-state index contributed by atoms with van der Waals surface area (Å²) in [6.07, 6.45) is 5.46. The molecule has 2 nitrogen and oxygen atoms in total. The molecule has 17 heavy (non-hydrogen) atoms. The predicted octanol–water partition coefficient (Wildman–Crippen LogP) is 2.97. The molecular formula is C15H28O2. The van der Waals surface area contributed by atoms with E-state index >= 15 is 0 Å². The van der Waals surface area contributed by atoms with E-state index < -0.39 is 6.10 Å². The lowest BCUT2D eigenvalue weighted by Crippen LogP contribution is -2.51. The number of rotatable bonds is 2. The maximum absolute atomic E-state index is 10.2. The van der Waals surface area contributed by atoms with Gasteiger partial charge in [0.1, 0.15) is 0 Å². The average molecular weight is 240 g/mol. The first-order valence-corrected chi connectivity index (χ1v) is 7.07. The van der Waals surface area contributed by atoms with Crippen LogP contribution in [-0.2, 0) is 0 Å². The van der Waals surface area contributed by atoms with Gasteiger partial charge >= 0.3 is 0 Å². The quantitative estimate of drug-likeness (QED) is 0.779. The summed E-state index contributed by atoms with van der Waals surface area (Å²) in [7, 11) is 0. The van der Waals surface area contributed by atoms with Gasteiger partial charge in [0.2, 0.25) is 0 Å². The minimum absolute atomic E-state index is 0.0980. The Labute approximate surface area is 105 Å². The van der Waals surface area contributed by atoms with Gasteiger partial charge in [0, 0.05) is 5.41 Å². The van der Waals surface area contributed by atoms with Gasteiger partial charge in [-0.05, 0) is 42.4 Å². The predicted molar refractivity (Wildman–Crippen MR) is 69.7 cm³/mol. The SMILES string of the molecule is CC1(C)CCC[C@@]2(C)[C@H]1CC[C@@]2(C)C(O)CO. The number of aliphatic hydroxyl groups is 2. The fraction of sp³-hybridized carbons (Fsp3) is 1.00. The lowest BCUT2D eigenvalue weighted by atomic mass is 9.51. The van der Waals surface area contributed by atoms with Gasteiger partial charge in [-0.1, -0.05) is 34.1 Å². The van der Waals surface area contributed by atoms with E-state index in [1.165, 1.54) is 25.7 Å². The van der Waals surface area contributed by atoms with Crippen LogP contribution in [0.4, 0.5) is 0 Å². The molecule has 0 radical (unpaired) electrons. The molecule has 2 rings (SSSR count). The maximum Gasteiger partial charge on any atom is 0.0829 e. The largest absolute Gasteiger partial charge is 0.394 e. The molecule has 0 spiro atoms. The van der Waals surface area contributed by atoms with E-state index in [1.54, 1.807) is 0 Å². The van der Waals surface area contributed by atoms with Crippen LogP contribution < -0.4 is 0 Å². The van der Waals surface area contributed by atoms with Crippen LogP contribution in [0.3, 0.4) is 0 Å². The Morgan fingerprint density at radius 2 is 1.76 bits per heavy atom. The zero-order valence-electron chi connectivity index (χ0n) is 11.8. The van der Waals surface area contributed by atoms with Crippen molar-refractivity contribution in [2.75, 3.05) is 6.61 Å². The van der Waals surface area contributed by atoms with E-state index in [9.17, 15) is 10.2 Å². The first-order valence-electron chi connectivity index (χ1n) is 7.07. The van der Waals surface area contributed by atoms with Crippen LogP contribution >= 0.6 is 0 Å². The molecule has 0 saturated heterocycles. The third-order valence-corrected chi connectivity index (χ3v) is 6.40. The van der Waals surface area contributed by atoms with Crippen LogP contribution in [0.25, 0.3) is 0 Å². The third-order valence-electron chi connectivity index (χ3n) is 6.40. The minimum Gasteiger partial charge on any atom is -0.394 e. The molecule has 0 aliphatic heterocycles. The Hall–Kier alpha value is -0.0800. The summed E-state index contributed by atoms with van der Waals surface area (Å²) in [6, 6.07) is 0. The van der Waals surface area contributed by atoms with Crippen molar-refractivity contribution in [3.63, 3.8) is 0 Å². The van der Waals surface area contributed by atoms with Crippen LogP contribution in [0.15, 0.2) is 0 Å². The molecule has 4 atom stereocenters. The van der Waals surface area contributed by atoms with Crippen molar-refractivity contribution in [2.45, 2.75) is 65.9 Å². The highest BCUT2D eigenvalue weighted by molar-refractivity contribution is 5.10. The van der Waals surface area contributed by atoms with Gasteiger partial charge in [-0.2, -0.15) is 0 Å². The zero-order valence-corrected chi connectivity index (χ0v) is 11.8. The molecule has 0 aromatic rings. The van der Waals surface area contributed by atoms with Crippen LogP contribution in [0.5, 0.6) is 0 Å². The summed E-state index contributed by atoms with van der Waals surface area (Å²) < 4.78 is 0. The molecular weight excluding hydrogens is 212 g/mol. The summed E-state index contributed by atoms with van der Waals surface area (Å²) >= 11 is 0. The average Bonchev–Trinajstić information content (AvgIpc) is 2.52. The molecule has 0 amide bonds.